The topological polar surface area (TPSA) is 257 Å². The first-order chi connectivity index (χ1) is 16.4. The number of carboxylic acid groups (broad SMARTS) is 1. The van der Waals surface area contributed by atoms with E-state index in [9.17, 15) is 32.5 Å². The molecule has 8 N–H and O–H groups in total. The number of rotatable bonds is 10. The third-order valence-corrected chi connectivity index (χ3v) is 7.11. The molecule has 0 spiro atoms. The van der Waals surface area contributed by atoms with Gasteiger partial charge in [0.15, 0.2) is 5.71 Å². The maximum absolute atomic E-state index is 13.1. The molecule has 35 heavy (non-hydrogen) atoms. The maximum Gasteiger partial charge on any atom is 0.362 e. The minimum atomic E-state index is -4.94. The van der Waals surface area contributed by atoms with E-state index in [-0.39, 0.29) is 35.9 Å². The van der Waals surface area contributed by atoms with Gasteiger partial charge >= 0.3 is 16.3 Å². The molecule has 3 heterocycles. The van der Waals surface area contributed by atoms with Gasteiger partial charge in [0, 0.05) is 31.0 Å². The van der Waals surface area contributed by atoms with Gasteiger partial charge in [0.2, 0.25) is 5.60 Å². The van der Waals surface area contributed by atoms with Crippen LogP contribution in [0.5, 0.6) is 0 Å². The lowest BCUT2D eigenvalue weighted by Gasteiger charge is -2.43. The average molecular weight is 532 g/mol. The molecule has 2 amide bonds. The Balaban J connectivity index is 1.56. The Morgan fingerprint density at radius 2 is 2.14 bits per heavy atom. The van der Waals surface area contributed by atoms with E-state index in [1.165, 1.54) is 16.3 Å². The normalized spacial score (nSPS) is 25.4. The number of nitrogens with two attached hydrogens (primary N) is 2. The number of carbonyl (C=O) groups excluding carboxylic acids is 2. The van der Waals surface area contributed by atoms with Crippen molar-refractivity contribution in [3.8, 4) is 0 Å². The summed E-state index contributed by atoms with van der Waals surface area (Å²) in [5.41, 5.74) is 9.16. The lowest BCUT2D eigenvalue weighted by molar-refractivity contribution is -0.153. The van der Waals surface area contributed by atoms with E-state index in [1.54, 1.807) is 0 Å². The molecular weight excluding hydrogens is 510 g/mol. The van der Waals surface area contributed by atoms with Crippen LogP contribution in [0.25, 0.3) is 0 Å². The number of amides is 2. The fourth-order valence-corrected chi connectivity index (χ4v) is 4.88. The van der Waals surface area contributed by atoms with Crippen LogP contribution in [-0.4, -0.2) is 84.1 Å². The minimum Gasteiger partial charge on any atom is -0.478 e. The first-order valence-electron chi connectivity index (χ1n) is 10.0. The quantitative estimate of drug-likeness (QED) is 0.0746. The fourth-order valence-electron chi connectivity index (χ4n) is 3.35. The van der Waals surface area contributed by atoms with E-state index in [2.05, 4.69) is 26.1 Å². The fraction of sp³-hybridized carbons (Fsp3) is 0.500. The Bertz CT molecular complexity index is 1230. The summed E-state index contributed by atoms with van der Waals surface area (Å²) in [7, 11) is -4.94. The highest BCUT2D eigenvalue weighted by Crippen LogP contribution is 2.40. The van der Waals surface area contributed by atoms with Crippen molar-refractivity contribution in [1.82, 2.24) is 29.9 Å². The summed E-state index contributed by atoms with van der Waals surface area (Å²) in [6, 6.07) is -2.66. The third kappa shape index (κ3) is 4.93. The molecule has 1 aliphatic carbocycles. The second-order valence-electron chi connectivity index (χ2n) is 7.83. The molecular formula is C16H21N9O8S2. The molecule has 19 heteroatoms. The van der Waals surface area contributed by atoms with Crippen LogP contribution in [-0.2, 0) is 42.6 Å². The summed E-state index contributed by atoms with van der Waals surface area (Å²) in [5, 5.41) is 27.1. The number of nitrogens with one attached hydrogen (secondary N) is 2. The molecule has 0 bridgehead atoms. The van der Waals surface area contributed by atoms with Gasteiger partial charge in [-0.3, -0.25) is 18.8 Å². The van der Waals surface area contributed by atoms with Crippen LogP contribution in [0, 0.1) is 0 Å². The zero-order valence-corrected chi connectivity index (χ0v) is 19.4. The first-order valence-corrected chi connectivity index (χ1v) is 12.4. The SMILES string of the molecule is NCc1cn(C[C@@H]2[C@H](NC(=O)/C(=N\OC3(C(=O)O)CC3)C3=CSC(N)N3)C(=O)N2S(=O)(=O)O)nn1. The number of β-lactam (4-membered cyclic amide) rings is 1. The van der Waals surface area contributed by atoms with E-state index in [1.807, 2.05) is 0 Å². The highest BCUT2D eigenvalue weighted by molar-refractivity contribution is 8.02. The molecule has 2 fully saturated rings. The van der Waals surface area contributed by atoms with Crippen molar-refractivity contribution in [2.45, 2.75) is 49.1 Å². The molecule has 3 atom stereocenters. The summed E-state index contributed by atoms with van der Waals surface area (Å²) >= 11 is 1.11. The number of thioether (sulfide) groups is 1. The second-order valence-corrected chi connectivity index (χ2v) is 10.1. The second kappa shape index (κ2) is 9.07. The van der Waals surface area contributed by atoms with Crippen molar-refractivity contribution < 1.29 is 37.3 Å². The third-order valence-electron chi connectivity index (χ3n) is 5.38. The molecule has 2 aliphatic heterocycles. The van der Waals surface area contributed by atoms with Gasteiger partial charge in [0.25, 0.3) is 11.8 Å². The predicted octanol–water partition coefficient (Wildman–Crippen LogP) is -3.35. The first kappa shape index (κ1) is 24.9. The van der Waals surface area contributed by atoms with E-state index >= 15 is 0 Å². The molecule has 1 saturated carbocycles. The summed E-state index contributed by atoms with van der Waals surface area (Å²) in [5.74, 6) is -3.32. The molecule has 3 aliphatic rings. The van der Waals surface area contributed by atoms with Gasteiger partial charge in [-0.1, -0.05) is 22.1 Å². The number of hydrogen-bond acceptors (Lipinski definition) is 13. The van der Waals surface area contributed by atoms with Crippen LogP contribution in [0.15, 0.2) is 22.5 Å². The number of aliphatic carboxylic acids is 1. The van der Waals surface area contributed by atoms with Crippen LogP contribution in [0.2, 0.25) is 0 Å². The molecule has 1 aromatic heterocycles. The molecule has 0 radical (unpaired) electrons. The number of carbonyl (C=O) groups is 3. The largest absolute Gasteiger partial charge is 0.478 e. The van der Waals surface area contributed by atoms with Crippen LogP contribution >= 0.6 is 11.8 Å². The minimum absolute atomic E-state index is 0.0612. The number of hydrogen-bond donors (Lipinski definition) is 6. The number of nitrogens with zero attached hydrogens (tertiary/aromatic N) is 5. The molecule has 1 unspecified atom stereocenters. The lowest BCUT2D eigenvalue weighted by atomic mass is 9.98. The molecule has 1 aromatic rings. The average Bonchev–Trinajstić information content (AvgIpc) is 3.23. The Morgan fingerprint density at radius 1 is 1.43 bits per heavy atom. The van der Waals surface area contributed by atoms with Gasteiger partial charge in [-0.15, -0.1) is 5.10 Å². The number of carboxylic acids is 1. The van der Waals surface area contributed by atoms with Gasteiger partial charge in [0.1, 0.15) is 11.5 Å². The van der Waals surface area contributed by atoms with Gasteiger partial charge in [0.05, 0.1) is 24.0 Å². The van der Waals surface area contributed by atoms with Crippen LogP contribution in [0.4, 0.5) is 0 Å². The van der Waals surface area contributed by atoms with Crippen molar-refractivity contribution in [2.24, 2.45) is 16.6 Å². The highest BCUT2D eigenvalue weighted by atomic mass is 32.2. The van der Waals surface area contributed by atoms with Gasteiger partial charge in [-0.2, -0.15) is 8.42 Å². The molecule has 17 nitrogen and oxygen atoms in total. The van der Waals surface area contributed by atoms with Gasteiger partial charge in [-0.05, 0) is 0 Å². The van der Waals surface area contributed by atoms with Crippen LogP contribution < -0.4 is 22.1 Å². The summed E-state index contributed by atoms with van der Waals surface area (Å²) in [6.45, 7) is -0.193. The monoisotopic (exact) mass is 531 g/mol. The molecule has 0 aromatic carbocycles. The van der Waals surface area contributed by atoms with Crippen molar-refractivity contribution in [3.05, 3.63) is 23.0 Å². The number of oxime groups is 1. The smallest absolute Gasteiger partial charge is 0.362 e. The standard InChI is InChI=1S/C16H21N9O8S2/c17-3-7-4-24(23-21-7)5-9-11(13(27)25(9)35(30,31)32)20-12(26)10(8-6-34-15(18)19-8)22-33-16(1-2-16)14(28)29/h4,6,9,11,15,19H,1-3,5,17-18H2,(H,20,26)(H,28,29)(H,30,31,32)/b22-10-/t9-,11+,15?/m1/s1. The van der Waals surface area contributed by atoms with Crippen molar-refractivity contribution >= 4 is 45.6 Å². The molecule has 4 rings (SSSR count). The Labute approximate surface area is 201 Å². The van der Waals surface area contributed by atoms with Gasteiger partial charge in [-0.25, -0.2) is 9.10 Å². The lowest BCUT2D eigenvalue weighted by Crippen LogP contribution is -2.73. The Kier molecular flexibility index (Phi) is 6.44. The molecule has 1 saturated heterocycles. The van der Waals surface area contributed by atoms with E-state index in [4.69, 9.17) is 16.3 Å². The zero-order chi connectivity index (χ0) is 25.5. The van der Waals surface area contributed by atoms with E-state index < -0.39 is 57.0 Å². The predicted molar refractivity (Wildman–Crippen MR) is 117 cm³/mol. The van der Waals surface area contributed by atoms with Crippen molar-refractivity contribution in [2.75, 3.05) is 0 Å². The van der Waals surface area contributed by atoms with Crippen LogP contribution in [0.1, 0.15) is 18.5 Å². The maximum atomic E-state index is 13.1. The van der Waals surface area contributed by atoms with Crippen molar-refractivity contribution in [3.63, 3.8) is 0 Å². The highest BCUT2D eigenvalue weighted by Gasteiger charge is 2.56. The summed E-state index contributed by atoms with van der Waals surface area (Å²) in [4.78, 5) is 42.1. The van der Waals surface area contributed by atoms with Crippen LogP contribution in [0.3, 0.4) is 0 Å². The summed E-state index contributed by atoms with van der Waals surface area (Å²) in [6.07, 6.45) is 1.80. The number of aromatic nitrogens is 3. The zero-order valence-electron chi connectivity index (χ0n) is 17.8. The van der Waals surface area contributed by atoms with Crippen molar-refractivity contribution in [1.29, 1.82) is 0 Å². The van der Waals surface area contributed by atoms with E-state index in [0.717, 1.165) is 11.8 Å². The Morgan fingerprint density at radius 3 is 2.66 bits per heavy atom. The summed E-state index contributed by atoms with van der Waals surface area (Å²) < 4.78 is 34.3. The Hall–Kier alpha value is -3.26. The van der Waals surface area contributed by atoms with Gasteiger partial charge < -0.3 is 32.0 Å². The molecule has 190 valence electrons. The van der Waals surface area contributed by atoms with E-state index in [0.29, 0.717) is 5.69 Å².